The maximum Gasteiger partial charge on any atom is 0.374 e. The van der Waals surface area contributed by atoms with Crippen LogP contribution in [0.25, 0.3) is 0 Å². The smallest absolute Gasteiger partial charge is 0.374 e. The molecule has 2 amide bonds. The normalized spacial score (nSPS) is 15.5. The van der Waals surface area contributed by atoms with E-state index in [0.717, 1.165) is 6.92 Å². The van der Waals surface area contributed by atoms with Gasteiger partial charge in [0.15, 0.2) is 0 Å². The van der Waals surface area contributed by atoms with Crippen LogP contribution in [0.4, 0.5) is 0 Å². The predicted molar refractivity (Wildman–Crippen MR) is 108 cm³/mol. The minimum atomic E-state index is -1.81. The zero-order valence-electron chi connectivity index (χ0n) is 18.7. The second-order valence-corrected chi connectivity index (χ2v) is 8.11. The third kappa shape index (κ3) is 7.70. The summed E-state index contributed by atoms with van der Waals surface area (Å²) in [5.41, 5.74) is -0.546. The molecule has 1 aromatic rings. The summed E-state index contributed by atoms with van der Waals surface area (Å²) >= 11 is 0. The van der Waals surface area contributed by atoms with Crippen LogP contribution in [-0.4, -0.2) is 52.5 Å². The lowest BCUT2D eigenvalue weighted by molar-refractivity contribution is -0.206. The van der Waals surface area contributed by atoms with E-state index in [9.17, 15) is 28.8 Å². The molecule has 11 heteroatoms. The van der Waals surface area contributed by atoms with Crippen LogP contribution in [0.3, 0.4) is 0 Å². The Morgan fingerprint density at radius 1 is 0.939 bits per heavy atom. The van der Waals surface area contributed by atoms with Gasteiger partial charge in [-0.15, -0.1) is 5.06 Å². The Morgan fingerprint density at radius 3 is 2.03 bits per heavy atom. The molecule has 178 valence electrons. The van der Waals surface area contributed by atoms with E-state index in [1.807, 2.05) is 0 Å². The molecule has 0 spiro atoms. The number of carbonyl (C=O) groups is 6. The summed E-state index contributed by atoms with van der Waals surface area (Å²) in [6, 6.07) is 8.05. The number of nitrogens with zero attached hydrogens (tertiary/aromatic N) is 1. The summed E-state index contributed by atoms with van der Waals surface area (Å²) in [6.07, 6.45) is -4.37. The van der Waals surface area contributed by atoms with Crippen LogP contribution in [-0.2, 0) is 47.8 Å². The van der Waals surface area contributed by atoms with Crippen molar-refractivity contribution >= 4 is 35.7 Å². The average molecular weight is 463 g/mol. The number of hydrogen-bond acceptors (Lipinski definition) is 10. The van der Waals surface area contributed by atoms with Crippen molar-refractivity contribution in [1.29, 1.82) is 0 Å². The van der Waals surface area contributed by atoms with Crippen molar-refractivity contribution in [3.8, 4) is 0 Å². The lowest BCUT2D eigenvalue weighted by atomic mass is 10.1. The predicted octanol–water partition coefficient (Wildman–Crippen LogP) is 1.54. The van der Waals surface area contributed by atoms with Crippen LogP contribution < -0.4 is 0 Å². The minimum Gasteiger partial charge on any atom is -0.457 e. The summed E-state index contributed by atoms with van der Waals surface area (Å²) in [7, 11) is 0. The zero-order valence-corrected chi connectivity index (χ0v) is 18.7. The highest BCUT2D eigenvalue weighted by atomic mass is 16.7. The van der Waals surface area contributed by atoms with E-state index in [1.54, 1.807) is 51.1 Å². The number of hydrogen-bond donors (Lipinski definition) is 0. The fraction of sp³-hybridized carbons (Fsp3) is 0.455. The first-order chi connectivity index (χ1) is 15.4. The number of amides is 2. The molecule has 33 heavy (non-hydrogen) atoms. The Morgan fingerprint density at radius 2 is 1.52 bits per heavy atom. The SMILES string of the molecule is CC(=O)O[C@@H](CC(=O)O[C@H](C(=O)OC(C)(C)C)c1ccccc1)C(=O)ON1C(=O)CCC1=O. The average Bonchev–Trinajstić information content (AvgIpc) is 3.02. The fourth-order valence-corrected chi connectivity index (χ4v) is 2.75. The van der Waals surface area contributed by atoms with Crippen molar-refractivity contribution in [3.63, 3.8) is 0 Å². The molecule has 11 nitrogen and oxygen atoms in total. The number of rotatable bonds is 8. The monoisotopic (exact) mass is 463 g/mol. The number of imide groups is 1. The Kier molecular flexibility index (Phi) is 8.27. The fourth-order valence-electron chi connectivity index (χ4n) is 2.75. The summed E-state index contributed by atoms with van der Waals surface area (Å²) < 4.78 is 15.4. The molecule has 0 aromatic heterocycles. The van der Waals surface area contributed by atoms with E-state index in [0.29, 0.717) is 5.56 Å². The second kappa shape index (κ2) is 10.7. The molecule has 0 radical (unpaired) electrons. The topological polar surface area (TPSA) is 143 Å². The van der Waals surface area contributed by atoms with Gasteiger partial charge in [0, 0.05) is 25.3 Å². The lowest BCUT2D eigenvalue weighted by Gasteiger charge is -2.24. The number of ether oxygens (including phenoxy) is 3. The molecule has 1 aromatic carbocycles. The highest BCUT2D eigenvalue weighted by molar-refractivity contribution is 6.02. The Balaban J connectivity index is 2.15. The Hall–Kier alpha value is -3.76. The minimum absolute atomic E-state index is 0.138. The first kappa shape index (κ1) is 25.5. The molecule has 2 atom stereocenters. The van der Waals surface area contributed by atoms with Gasteiger partial charge < -0.3 is 19.0 Å². The van der Waals surface area contributed by atoms with Crippen molar-refractivity contribution in [2.24, 2.45) is 0 Å². The third-order valence-corrected chi connectivity index (χ3v) is 4.08. The standard InChI is InChI=1S/C22H25NO10/c1-13(24)30-15(20(28)33-23-16(25)10-11-17(23)26)12-18(27)31-19(14-8-6-5-7-9-14)21(29)32-22(2,3)4/h5-9,15,19H,10-12H2,1-4H3/t15-,19-/m0/s1. The van der Waals surface area contributed by atoms with Gasteiger partial charge >= 0.3 is 23.9 Å². The van der Waals surface area contributed by atoms with Crippen LogP contribution in [0.15, 0.2) is 30.3 Å². The van der Waals surface area contributed by atoms with Gasteiger partial charge in [-0.3, -0.25) is 19.2 Å². The first-order valence-electron chi connectivity index (χ1n) is 10.1. The van der Waals surface area contributed by atoms with Crippen LogP contribution in [0.2, 0.25) is 0 Å². The molecule has 1 aliphatic rings. The van der Waals surface area contributed by atoms with Gasteiger partial charge in [-0.1, -0.05) is 30.3 Å². The number of carbonyl (C=O) groups excluding carboxylic acids is 6. The highest BCUT2D eigenvalue weighted by Crippen LogP contribution is 2.23. The zero-order chi connectivity index (χ0) is 24.8. The first-order valence-corrected chi connectivity index (χ1v) is 10.1. The Bertz CT molecular complexity index is 918. The molecular formula is C22H25NO10. The largest absolute Gasteiger partial charge is 0.457 e. The maximum atomic E-state index is 12.6. The molecule has 1 aliphatic heterocycles. The molecule has 0 unspecified atom stereocenters. The van der Waals surface area contributed by atoms with E-state index in [1.165, 1.54) is 0 Å². The van der Waals surface area contributed by atoms with Gasteiger partial charge in [0.1, 0.15) is 5.60 Å². The van der Waals surface area contributed by atoms with Crippen molar-refractivity contribution in [2.75, 3.05) is 0 Å². The molecule has 0 aliphatic carbocycles. The van der Waals surface area contributed by atoms with Gasteiger partial charge in [0.25, 0.3) is 11.8 Å². The summed E-state index contributed by atoms with van der Waals surface area (Å²) in [4.78, 5) is 77.1. The van der Waals surface area contributed by atoms with E-state index in [2.05, 4.69) is 0 Å². The van der Waals surface area contributed by atoms with E-state index in [-0.39, 0.29) is 17.9 Å². The number of benzene rings is 1. The van der Waals surface area contributed by atoms with Crippen molar-refractivity contribution in [1.82, 2.24) is 5.06 Å². The van der Waals surface area contributed by atoms with Crippen molar-refractivity contribution < 1.29 is 47.8 Å². The summed E-state index contributed by atoms with van der Waals surface area (Å²) in [6.45, 7) is 5.92. The molecule has 0 saturated carbocycles. The van der Waals surface area contributed by atoms with Gasteiger partial charge in [0.2, 0.25) is 12.2 Å². The van der Waals surface area contributed by atoms with E-state index in [4.69, 9.17) is 19.0 Å². The molecule has 0 bridgehead atoms. The van der Waals surface area contributed by atoms with Gasteiger partial charge in [0.05, 0.1) is 6.42 Å². The molecule has 2 rings (SSSR count). The van der Waals surface area contributed by atoms with Crippen LogP contribution in [0, 0.1) is 0 Å². The highest BCUT2D eigenvalue weighted by Gasteiger charge is 2.38. The molecule has 1 saturated heterocycles. The summed E-state index contributed by atoms with van der Waals surface area (Å²) in [5.74, 6) is -5.66. The van der Waals surface area contributed by atoms with Crippen LogP contribution in [0.5, 0.6) is 0 Å². The lowest BCUT2D eigenvalue weighted by Crippen LogP contribution is -2.39. The molecule has 0 N–H and O–H groups in total. The molecule has 1 heterocycles. The Labute approximate surface area is 189 Å². The second-order valence-electron chi connectivity index (χ2n) is 8.11. The maximum absolute atomic E-state index is 12.6. The van der Waals surface area contributed by atoms with E-state index < -0.39 is 59.9 Å². The third-order valence-electron chi connectivity index (χ3n) is 4.08. The van der Waals surface area contributed by atoms with Crippen LogP contribution >= 0.6 is 0 Å². The molecule has 1 fully saturated rings. The van der Waals surface area contributed by atoms with Gasteiger partial charge in [-0.2, -0.15) is 0 Å². The number of esters is 3. The van der Waals surface area contributed by atoms with E-state index >= 15 is 0 Å². The van der Waals surface area contributed by atoms with Crippen molar-refractivity contribution in [2.45, 2.75) is 64.8 Å². The van der Waals surface area contributed by atoms with Crippen LogP contribution in [0.1, 0.15) is 58.6 Å². The summed E-state index contributed by atoms with van der Waals surface area (Å²) in [5, 5.41) is 0.262. The number of hydroxylamine groups is 2. The van der Waals surface area contributed by atoms with Gasteiger partial charge in [-0.25, -0.2) is 9.59 Å². The van der Waals surface area contributed by atoms with Crippen molar-refractivity contribution in [3.05, 3.63) is 35.9 Å². The van der Waals surface area contributed by atoms with Gasteiger partial charge in [-0.05, 0) is 20.8 Å². The quantitative estimate of drug-likeness (QED) is 0.316. The molecular weight excluding hydrogens is 438 g/mol.